The molecule has 2 amide bonds. The summed E-state index contributed by atoms with van der Waals surface area (Å²) in [6.45, 7) is 4.08. The van der Waals surface area contributed by atoms with Crippen LogP contribution in [0.5, 0.6) is 11.5 Å². The van der Waals surface area contributed by atoms with Gasteiger partial charge < -0.3 is 30.2 Å². The summed E-state index contributed by atoms with van der Waals surface area (Å²) in [6.07, 6.45) is 1.70. The molecule has 0 saturated carbocycles. The second kappa shape index (κ2) is 11.5. The lowest BCUT2D eigenvalue weighted by molar-refractivity contribution is 0.146. The maximum Gasteiger partial charge on any atom is 0.319 e. The molecule has 1 aromatic heterocycles. The first kappa shape index (κ1) is 25.0. The summed E-state index contributed by atoms with van der Waals surface area (Å²) >= 11 is 0. The SMILES string of the molecule is COCCOc1cc(OC)c2c(Nc3ccc(NC(=O)NCCC(C)(C)F)cc3)ncnc2c1. The fourth-order valence-corrected chi connectivity index (χ4v) is 3.13. The lowest BCUT2D eigenvalue weighted by Crippen LogP contribution is -2.32. The fraction of sp³-hybridized carbons (Fsp3) is 0.375. The number of carbonyl (C=O) groups is 1. The Morgan fingerprint density at radius 1 is 1.06 bits per heavy atom. The molecule has 3 N–H and O–H groups in total. The molecule has 0 radical (unpaired) electrons. The Morgan fingerprint density at radius 2 is 1.79 bits per heavy atom. The van der Waals surface area contributed by atoms with Crippen LogP contribution in [-0.4, -0.2) is 55.6 Å². The Hall–Kier alpha value is -3.66. The summed E-state index contributed by atoms with van der Waals surface area (Å²) in [7, 11) is 3.19. The van der Waals surface area contributed by atoms with E-state index in [2.05, 4.69) is 25.9 Å². The van der Waals surface area contributed by atoms with Gasteiger partial charge in [-0.3, -0.25) is 0 Å². The van der Waals surface area contributed by atoms with Crippen LogP contribution in [-0.2, 0) is 4.74 Å². The number of nitrogens with one attached hydrogen (secondary N) is 3. The van der Waals surface area contributed by atoms with Gasteiger partial charge in [-0.25, -0.2) is 19.2 Å². The van der Waals surface area contributed by atoms with Crippen LogP contribution in [0.4, 0.5) is 26.4 Å². The van der Waals surface area contributed by atoms with E-state index in [1.165, 1.54) is 20.2 Å². The number of hydrogen-bond acceptors (Lipinski definition) is 7. The van der Waals surface area contributed by atoms with Crippen molar-refractivity contribution in [1.82, 2.24) is 15.3 Å². The molecule has 10 heteroatoms. The number of anilines is 3. The first-order chi connectivity index (χ1) is 16.3. The van der Waals surface area contributed by atoms with Crippen LogP contribution >= 0.6 is 0 Å². The zero-order valence-corrected chi connectivity index (χ0v) is 19.8. The predicted molar refractivity (Wildman–Crippen MR) is 130 cm³/mol. The van der Waals surface area contributed by atoms with Crippen molar-refractivity contribution in [2.75, 3.05) is 44.6 Å². The number of fused-ring (bicyclic) bond motifs is 1. The minimum atomic E-state index is -1.33. The number of alkyl halides is 1. The van der Waals surface area contributed by atoms with Crippen molar-refractivity contribution in [1.29, 1.82) is 0 Å². The van der Waals surface area contributed by atoms with E-state index in [0.29, 0.717) is 47.1 Å². The van der Waals surface area contributed by atoms with Gasteiger partial charge in [0.25, 0.3) is 0 Å². The van der Waals surface area contributed by atoms with Gasteiger partial charge in [-0.15, -0.1) is 0 Å². The van der Waals surface area contributed by atoms with Crippen molar-refractivity contribution in [3.63, 3.8) is 0 Å². The summed E-state index contributed by atoms with van der Waals surface area (Å²) in [6, 6.07) is 10.3. The molecular weight excluding hydrogens is 441 g/mol. The molecule has 0 spiro atoms. The molecule has 3 rings (SSSR count). The number of carbonyl (C=O) groups excluding carboxylic acids is 1. The van der Waals surface area contributed by atoms with E-state index in [0.717, 1.165) is 5.69 Å². The third-order valence-corrected chi connectivity index (χ3v) is 4.86. The molecule has 1 heterocycles. The van der Waals surface area contributed by atoms with Crippen molar-refractivity contribution in [3.8, 4) is 11.5 Å². The van der Waals surface area contributed by atoms with Gasteiger partial charge >= 0.3 is 6.03 Å². The summed E-state index contributed by atoms with van der Waals surface area (Å²) < 4.78 is 29.8. The highest BCUT2D eigenvalue weighted by Crippen LogP contribution is 2.35. The molecule has 9 nitrogen and oxygen atoms in total. The monoisotopic (exact) mass is 471 g/mol. The highest BCUT2D eigenvalue weighted by molar-refractivity contribution is 5.97. The largest absolute Gasteiger partial charge is 0.496 e. The lowest BCUT2D eigenvalue weighted by Gasteiger charge is -2.15. The number of aromatic nitrogens is 2. The number of amides is 2. The van der Waals surface area contributed by atoms with E-state index in [1.54, 1.807) is 32.4 Å². The molecule has 0 fully saturated rings. The van der Waals surface area contributed by atoms with E-state index < -0.39 is 5.67 Å². The Balaban J connectivity index is 1.69. The van der Waals surface area contributed by atoms with Crippen LogP contribution in [0.3, 0.4) is 0 Å². The lowest BCUT2D eigenvalue weighted by atomic mass is 10.1. The standard InChI is InChI=1S/C24H30FN5O4/c1-24(2,25)9-10-26-23(31)30-17-7-5-16(6-8-17)29-22-21-19(27-15-28-22)13-18(14-20(21)33-4)34-12-11-32-3/h5-8,13-15H,9-12H2,1-4H3,(H2,26,30,31)(H,27,28,29). The minimum absolute atomic E-state index is 0.237. The molecule has 0 atom stereocenters. The third kappa shape index (κ3) is 7.17. The van der Waals surface area contributed by atoms with Crippen LogP contribution in [0.1, 0.15) is 20.3 Å². The van der Waals surface area contributed by atoms with E-state index in [9.17, 15) is 9.18 Å². The molecular formula is C24H30FN5O4. The van der Waals surface area contributed by atoms with E-state index in [-0.39, 0.29) is 19.0 Å². The van der Waals surface area contributed by atoms with Crippen molar-refractivity contribution in [2.45, 2.75) is 25.9 Å². The second-order valence-electron chi connectivity index (χ2n) is 8.14. The van der Waals surface area contributed by atoms with E-state index in [4.69, 9.17) is 14.2 Å². The van der Waals surface area contributed by atoms with Crippen LogP contribution < -0.4 is 25.4 Å². The van der Waals surface area contributed by atoms with Gasteiger partial charge in [-0.05, 0) is 44.5 Å². The highest BCUT2D eigenvalue weighted by atomic mass is 19.1. The molecule has 0 bridgehead atoms. The topological polar surface area (TPSA) is 107 Å². The molecule has 0 aliphatic rings. The van der Waals surface area contributed by atoms with Crippen molar-refractivity contribution in [2.24, 2.45) is 0 Å². The van der Waals surface area contributed by atoms with Gasteiger partial charge in [0.05, 0.1) is 24.6 Å². The molecule has 2 aromatic carbocycles. The van der Waals surface area contributed by atoms with Crippen molar-refractivity contribution >= 4 is 34.1 Å². The van der Waals surface area contributed by atoms with Gasteiger partial charge in [0, 0.05) is 37.2 Å². The summed E-state index contributed by atoms with van der Waals surface area (Å²) in [4.78, 5) is 20.7. The highest BCUT2D eigenvalue weighted by Gasteiger charge is 2.15. The first-order valence-electron chi connectivity index (χ1n) is 10.8. The van der Waals surface area contributed by atoms with Gasteiger partial charge in [-0.2, -0.15) is 0 Å². The van der Waals surface area contributed by atoms with E-state index >= 15 is 0 Å². The zero-order valence-electron chi connectivity index (χ0n) is 19.8. The molecule has 0 aliphatic carbocycles. The molecule has 0 unspecified atom stereocenters. The summed E-state index contributed by atoms with van der Waals surface area (Å²) in [5, 5.41) is 9.34. The van der Waals surface area contributed by atoms with Crippen LogP contribution in [0.25, 0.3) is 10.9 Å². The van der Waals surface area contributed by atoms with Crippen LogP contribution in [0, 0.1) is 0 Å². The quantitative estimate of drug-likeness (QED) is 0.349. The Morgan fingerprint density at radius 3 is 2.47 bits per heavy atom. The number of methoxy groups -OCH3 is 2. The minimum Gasteiger partial charge on any atom is -0.496 e. The Labute approximate surface area is 198 Å². The normalized spacial score (nSPS) is 11.2. The van der Waals surface area contributed by atoms with Gasteiger partial charge in [0.1, 0.15) is 35.9 Å². The Kier molecular flexibility index (Phi) is 8.42. The van der Waals surface area contributed by atoms with Gasteiger partial charge in [0.2, 0.25) is 0 Å². The van der Waals surface area contributed by atoms with Gasteiger partial charge in [0.15, 0.2) is 0 Å². The average molecular weight is 472 g/mol. The number of rotatable bonds is 11. The molecule has 34 heavy (non-hydrogen) atoms. The summed E-state index contributed by atoms with van der Waals surface area (Å²) in [5.74, 6) is 1.76. The maximum atomic E-state index is 13.5. The van der Waals surface area contributed by atoms with Crippen LogP contribution in [0.2, 0.25) is 0 Å². The smallest absolute Gasteiger partial charge is 0.319 e. The Bertz CT molecular complexity index is 1100. The number of hydrogen-bond donors (Lipinski definition) is 3. The molecule has 0 aliphatic heterocycles. The third-order valence-electron chi connectivity index (χ3n) is 4.86. The molecule has 0 saturated heterocycles. The fourth-order valence-electron chi connectivity index (χ4n) is 3.13. The maximum absolute atomic E-state index is 13.5. The van der Waals surface area contributed by atoms with Gasteiger partial charge in [-0.1, -0.05) is 0 Å². The molecule has 182 valence electrons. The average Bonchev–Trinajstić information content (AvgIpc) is 2.79. The van der Waals surface area contributed by atoms with Crippen molar-refractivity contribution in [3.05, 3.63) is 42.7 Å². The van der Waals surface area contributed by atoms with Crippen LogP contribution in [0.15, 0.2) is 42.7 Å². The second-order valence-corrected chi connectivity index (χ2v) is 8.14. The number of urea groups is 1. The number of benzene rings is 2. The van der Waals surface area contributed by atoms with E-state index in [1.807, 2.05) is 18.2 Å². The zero-order chi connectivity index (χ0) is 24.6. The number of nitrogens with zero attached hydrogens (tertiary/aromatic N) is 2. The molecule has 3 aromatic rings. The number of ether oxygens (including phenoxy) is 3. The number of halogens is 1. The first-order valence-corrected chi connectivity index (χ1v) is 10.8. The summed E-state index contributed by atoms with van der Waals surface area (Å²) in [5.41, 5.74) is 0.696. The predicted octanol–water partition coefficient (Wildman–Crippen LogP) is 4.67. The van der Waals surface area contributed by atoms with Crippen molar-refractivity contribution < 1.29 is 23.4 Å².